The third-order valence-corrected chi connectivity index (χ3v) is 2.38. The van der Waals surface area contributed by atoms with E-state index in [2.05, 4.69) is 15.4 Å². The number of ether oxygens (including phenoxy) is 2. The normalized spacial score (nSPS) is 10.7. The fourth-order valence-electron chi connectivity index (χ4n) is 1.43. The number of hydrogen-bond donors (Lipinski definition) is 2. The first-order chi connectivity index (χ1) is 9.60. The van der Waals surface area contributed by atoms with Gasteiger partial charge < -0.3 is 20.1 Å². The lowest BCUT2D eigenvalue weighted by molar-refractivity contribution is -0.135. The average molecular weight is 278 g/mol. The van der Waals surface area contributed by atoms with Gasteiger partial charge in [-0.2, -0.15) is 0 Å². The van der Waals surface area contributed by atoms with Crippen molar-refractivity contribution < 1.29 is 19.1 Å². The number of carbonyl (C=O) groups excluding carboxylic acids is 2. The molecule has 0 radical (unpaired) electrons. The van der Waals surface area contributed by atoms with Gasteiger partial charge in [-0.25, -0.2) is 4.79 Å². The Morgan fingerprint density at radius 3 is 2.40 bits per heavy atom. The van der Waals surface area contributed by atoms with Crippen LogP contribution < -0.4 is 15.4 Å². The van der Waals surface area contributed by atoms with Crippen LogP contribution >= 0.6 is 0 Å². The van der Waals surface area contributed by atoms with Crippen LogP contribution in [0.3, 0.4) is 0 Å². The summed E-state index contributed by atoms with van der Waals surface area (Å²) in [5.41, 5.74) is 0.760. The van der Waals surface area contributed by atoms with Crippen molar-refractivity contribution in [2.24, 2.45) is 0 Å². The van der Waals surface area contributed by atoms with Gasteiger partial charge in [-0.1, -0.05) is 0 Å². The molecule has 0 spiro atoms. The van der Waals surface area contributed by atoms with Crippen LogP contribution in [0.15, 0.2) is 36.0 Å². The molecule has 1 aromatic rings. The predicted molar refractivity (Wildman–Crippen MR) is 75.4 cm³/mol. The van der Waals surface area contributed by atoms with Gasteiger partial charge >= 0.3 is 5.97 Å². The lowest BCUT2D eigenvalue weighted by Crippen LogP contribution is -2.25. The number of nitrogens with one attached hydrogen (secondary N) is 2. The molecule has 1 amide bonds. The summed E-state index contributed by atoms with van der Waals surface area (Å²) in [4.78, 5) is 22.9. The maximum atomic E-state index is 11.7. The van der Waals surface area contributed by atoms with Crippen LogP contribution in [-0.4, -0.2) is 32.6 Å². The molecule has 1 aromatic carbocycles. The molecule has 0 unspecified atom stereocenters. The second-order valence-electron chi connectivity index (χ2n) is 3.74. The smallest absolute Gasteiger partial charge is 0.332 e. The van der Waals surface area contributed by atoms with E-state index in [4.69, 9.17) is 4.74 Å². The van der Waals surface area contributed by atoms with Gasteiger partial charge in [0.05, 0.1) is 19.8 Å². The Bertz CT molecular complexity index is 494. The summed E-state index contributed by atoms with van der Waals surface area (Å²) < 4.78 is 9.83. The molecular weight excluding hydrogens is 260 g/mol. The van der Waals surface area contributed by atoms with Crippen molar-refractivity contribution in [3.05, 3.63) is 36.0 Å². The van der Waals surface area contributed by atoms with Crippen LogP contribution in [0, 0.1) is 0 Å². The number of benzene rings is 1. The van der Waals surface area contributed by atoms with Gasteiger partial charge in [0.15, 0.2) is 0 Å². The maximum Gasteiger partial charge on any atom is 0.332 e. The zero-order valence-corrected chi connectivity index (χ0v) is 11.7. The molecule has 2 N–H and O–H groups in total. The molecule has 0 aliphatic heterocycles. The number of anilines is 1. The summed E-state index contributed by atoms with van der Waals surface area (Å²) in [6, 6.07) is 7.04. The molecule has 0 aromatic heterocycles. The molecule has 0 saturated carbocycles. The highest BCUT2D eigenvalue weighted by molar-refractivity contribution is 6.01. The van der Waals surface area contributed by atoms with Crippen LogP contribution in [0.2, 0.25) is 0 Å². The molecule has 0 atom stereocenters. The van der Waals surface area contributed by atoms with Gasteiger partial charge in [-0.15, -0.1) is 0 Å². The van der Waals surface area contributed by atoms with Crippen LogP contribution in [0.25, 0.3) is 0 Å². The quantitative estimate of drug-likeness (QED) is 0.606. The fraction of sp³-hybridized carbons (Fsp3) is 0.286. The molecule has 108 valence electrons. The Hall–Kier alpha value is -2.50. The summed E-state index contributed by atoms with van der Waals surface area (Å²) in [6.45, 7) is 2.48. The van der Waals surface area contributed by atoms with Crippen LogP contribution in [-0.2, 0) is 14.3 Å². The number of amides is 1. The van der Waals surface area contributed by atoms with Crippen molar-refractivity contribution in [2.75, 3.05) is 26.1 Å². The minimum absolute atomic E-state index is 0.100. The zero-order valence-electron chi connectivity index (χ0n) is 11.7. The minimum atomic E-state index is -0.609. The Labute approximate surface area is 117 Å². The van der Waals surface area contributed by atoms with Crippen molar-refractivity contribution in [3.63, 3.8) is 0 Å². The lowest BCUT2D eigenvalue weighted by atomic mass is 10.2. The Kier molecular flexibility index (Phi) is 6.09. The van der Waals surface area contributed by atoms with Crippen molar-refractivity contribution in [3.8, 4) is 5.75 Å². The molecule has 0 bridgehead atoms. The Morgan fingerprint density at radius 1 is 1.25 bits per heavy atom. The highest BCUT2D eigenvalue weighted by Gasteiger charge is 2.10. The highest BCUT2D eigenvalue weighted by Crippen LogP contribution is 2.17. The van der Waals surface area contributed by atoms with E-state index in [1.165, 1.54) is 14.2 Å². The second kappa shape index (κ2) is 7.83. The molecule has 0 aliphatic rings. The first kappa shape index (κ1) is 15.6. The summed E-state index contributed by atoms with van der Waals surface area (Å²) in [5.74, 6) is -0.289. The van der Waals surface area contributed by atoms with Gasteiger partial charge in [0.25, 0.3) is 5.91 Å². The summed E-state index contributed by atoms with van der Waals surface area (Å²) in [6.07, 6.45) is 1.09. The van der Waals surface area contributed by atoms with Gasteiger partial charge in [0, 0.05) is 12.7 Å². The van der Waals surface area contributed by atoms with E-state index in [0.29, 0.717) is 12.3 Å². The summed E-state index contributed by atoms with van der Waals surface area (Å²) in [5, 5.41) is 5.30. The number of carbonyl (C=O) groups is 2. The number of rotatable bonds is 6. The third-order valence-electron chi connectivity index (χ3n) is 2.38. The van der Waals surface area contributed by atoms with Crippen molar-refractivity contribution in [1.29, 1.82) is 0 Å². The molecule has 0 aliphatic carbocycles. The van der Waals surface area contributed by atoms with Gasteiger partial charge in [0.2, 0.25) is 0 Å². The van der Waals surface area contributed by atoms with E-state index in [0.717, 1.165) is 11.8 Å². The van der Waals surface area contributed by atoms with Crippen LogP contribution in [0.5, 0.6) is 5.75 Å². The minimum Gasteiger partial charge on any atom is -0.494 e. The van der Waals surface area contributed by atoms with Gasteiger partial charge in [0.1, 0.15) is 11.4 Å². The van der Waals surface area contributed by atoms with E-state index in [1.54, 1.807) is 24.3 Å². The Balaban J connectivity index is 2.86. The van der Waals surface area contributed by atoms with Crippen molar-refractivity contribution >= 4 is 17.6 Å². The van der Waals surface area contributed by atoms with Crippen LogP contribution in [0.1, 0.15) is 6.92 Å². The fourth-order valence-corrected chi connectivity index (χ4v) is 1.43. The molecule has 0 saturated heterocycles. The number of methoxy groups -OCH3 is 1. The number of hydrogen-bond acceptors (Lipinski definition) is 5. The first-order valence-electron chi connectivity index (χ1n) is 6.12. The lowest BCUT2D eigenvalue weighted by Gasteiger charge is -2.10. The standard InChI is InChI=1S/C14H18N2O4/c1-4-20-11-7-5-10(6-8-11)16-12(14(18)15-2)9-13(17)19-3/h5-9,16H,4H2,1-3H3,(H,15,18)/b12-9-. The molecule has 1 rings (SSSR count). The molecule has 6 nitrogen and oxygen atoms in total. The zero-order chi connectivity index (χ0) is 15.0. The Morgan fingerprint density at radius 2 is 1.90 bits per heavy atom. The number of likely N-dealkylation sites (N-methyl/N-ethyl adjacent to an activating group) is 1. The van der Waals surface area contributed by atoms with E-state index >= 15 is 0 Å². The average Bonchev–Trinajstić information content (AvgIpc) is 2.47. The maximum absolute atomic E-state index is 11.7. The molecule has 0 fully saturated rings. The van der Waals surface area contributed by atoms with E-state index in [-0.39, 0.29) is 5.70 Å². The molecular formula is C14H18N2O4. The number of esters is 1. The van der Waals surface area contributed by atoms with Crippen LogP contribution in [0.4, 0.5) is 5.69 Å². The van der Waals surface area contributed by atoms with Gasteiger partial charge in [-0.05, 0) is 31.2 Å². The highest BCUT2D eigenvalue weighted by atomic mass is 16.5. The molecule has 0 heterocycles. The van der Waals surface area contributed by atoms with E-state index in [1.807, 2.05) is 6.92 Å². The largest absolute Gasteiger partial charge is 0.494 e. The summed E-state index contributed by atoms with van der Waals surface area (Å²) >= 11 is 0. The van der Waals surface area contributed by atoms with Crippen molar-refractivity contribution in [2.45, 2.75) is 6.92 Å². The second-order valence-corrected chi connectivity index (χ2v) is 3.74. The summed E-state index contributed by atoms with van der Waals surface area (Å²) in [7, 11) is 2.73. The van der Waals surface area contributed by atoms with Crippen molar-refractivity contribution in [1.82, 2.24) is 5.32 Å². The SMILES string of the molecule is CCOc1ccc(N/C(=C\C(=O)OC)C(=O)NC)cc1. The topological polar surface area (TPSA) is 76.7 Å². The molecule has 6 heteroatoms. The first-order valence-corrected chi connectivity index (χ1v) is 6.12. The van der Waals surface area contributed by atoms with E-state index < -0.39 is 11.9 Å². The van der Waals surface area contributed by atoms with E-state index in [9.17, 15) is 9.59 Å². The third kappa shape index (κ3) is 4.64. The monoisotopic (exact) mass is 278 g/mol. The van der Waals surface area contributed by atoms with Gasteiger partial charge in [-0.3, -0.25) is 4.79 Å². The molecule has 20 heavy (non-hydrogen) atoms. The predicted octanol–water partition coefficient (Wildman–Crippen LogP) is 1.30.